The van der Waals surface area contributed by atoms with Crippen LogP contribution in [0.3, 0.4) is 0 Å². The molecule has 428 valence electrons. The van der Waals surface area contributed by atoms with Gasteiger partial charge in [0.1, 0.15) is 46.9 Å². The molecule has 24 nitrogen and oxygen atoms in total. The van der Waals surface area contributed by atoms with Crippen LogP contribution in [-0.2, 0) is 41.9 Å². The van der Waals surface area contributed by atoms with Crippen molar-refractivity contribution in [3.63, 3.8) is 0 Å². The van der Waals surface area contributed by atoms with Gasteiger partial charge >= 0.3 is 0 Å². The van der Waals surface area contributed by atoms with Gasteiger partial charge in [-0.05, 0) is 117 Å². The molecule has 2 aromatic heterocycles. The van der Waals surface area contributed by atoms with E-state index in [-0.39, 0.29) is 58.9 Å². The van der Waals surface area contributed by atoms with E-state index in [1.807, 2.05) is 37.3 Å². The lowest BCUT2D eigenvalue weighted by Crippen LogP contribution is -2.58. The Hall–Kier alpha value is -7.08. The van der Waals surface area contributed by atoms with Crippen LogP contribution in [0.1, 0.15) is 153 Å². The van der Waals surface area contributed by atoms with Crippen LogP contribution < -0.4 is 53.4 Å². The number of amides is 6. The second-order valence-corrected chi connectivity index (χ2v) is 21.8. The summed E-state index contributed by atoms with van der Waals surface area (Å²) < 4.78 is 3.42. The quantitative estimate of drug-likeness (QED) is 0.0346. The van der Waals surface area contributed by atoms with Crippen LogP contribution in [0.4, 0.5) is 11.4 Å². The van der Waals surface area contributed by atoms with Crippen molar-refractivity contribution in [3.8, 4) is 0 Å². The first-order valence-corrected chi connectivity index (χ1v) is 28.5. The number of aryl methyl sites for hydroxylation is 2. The number of benzene rings is 1. The lowest BCUT2D eigenvalue weighted by Gasteiger charge is -2.36. The van der Waals surface area contributed by atoms with E-state index < -0.39 is 59.2 Å². The van der Waals surface area contributed by atoms with Crippen LogP contribution in [-0.4, -0.2) is 151 Å². The number of likely N-dealkylation sites (N-methyl/N-ethyl adjacent to an activating group) is 2. The van der Waals surface area contributed by atoms with Gasteiger partial charge in [-0.25, -0.2) is 0 Å². The molecule has 4 aliphatic rings. The van der Waals surface area contributed by atoms with E-state index in [0.29, 0.717) is 95.4 Å². The molecule has 4 aromatic rings. The summed E-state index contributed by atoms with van der Waals surface area (Å²) in [6.45, 7) is 7.26. The van der Waals surface area contributed by atoms with Crippen molar-refractivity contribution in [2.24, 2.45) is 0 Å². The Morgan fingerprint density at radius 3 is 1.52 bits per heavy atom. The minimum atomic E-state index is -0.706. The van der Waals surface area contributed by atoms with Gasteiger partial charge in [-0.1, -0.05) is 66.4 Å². The number of hydrogen-bond donors (Lipinski definition) is 8. The van der Waals surface area contributed by atoms with Gasteiger partial charge in [-0.2, -0.15) is 0 Å². The summed E-state index contributed by atoms with van der Waals surface area (Å²) in [5, 5.41) is 41.6. The van der Waals surface area contributed by atoms with Crippen molar-refractivity contribution in [1.82, 2.24) is 71.7 Å². The Morgan fingerprint density at radius 2 is 1.03 bits per heavy atom. The van der Waals surface area contributed by atoms with Gasteiger partial charge in [0, 0.05) is 38.3 Å². The van der Waals surface area contributed by atoms with Gasteiger partial charge in [-0.3, -0.25) is 47.7 Å². The fraction of sp³-hybridized carbons (Fsp3) is 0.636. The number of nitrogens with zero attached hydrogens (tertiary/aromatic N) is 8. The second-order valence-electron chi connectivity index (χ2n) is 21.8. The number of anilines is 2. The van der Waals surface area contributed by atoms with Gasteiger partial charge in [0.25, 0.3) is 10.9 Å². The lowest BCUT2D eigenvalue weighted by molar-refractivity contribution is -0.144. The Morgan fingerprint density at radius 1 is 0.570 bits per heavy atom. The highest BCUT2D eigenvalue weighted by Crippen LogP contribution is 2.34. The van der Waals surface area contributed by atoms with E-state index in [0.717, 1.165) is 50.5 Å². The Kier molecular flexibility index (Phi) is 20.0. The highest BCUT2D eigenvalue weighted by molar-refractivity contribution is 5.95. The van der Waals surface area contributed by atoms with E-state index in [9.17, 15) is 38.4 Å². The molecule has 2 aromatic carbocycles. The van der Waals surface area contributed by atoms with E-state index in [1.165, 1.54) is 0 Å². The van der Waals surface area contributed by atoms with Crippen molar-refractivity contribution in [2.75, 3.05) is 37.8 Å². The predicted molar refractivity (Wildman–Crippen MR) is 295 cm³/mol. The van der Waals surface area contributed by atoms with Crippen LogP contribution in [0, 0.1) is 0 Å². The molecule has 6 amide bonds. The summed E-state index contributed by atoms with van der Waals surface area (Å²) in [6.07, 6.45) is 14.9. The van der Waals surface area contributed by atoms with E-state index in [1.54, 1.807) is 59.5 Å². The molecule has 4 aliphatic heterocycles. The normalized spacial score (nSPS) is 23.0. The largest absolute Gasteiger partial charge is 0.380 e. The molecule has 0 bridgehead atoms. The number of fused-ring (bicyclic) bond motifs is 2. The first-order valence-electron chi connectivity index (χ1n) is 28.5. The summed E-state index contributed by atoms with van der Waals surface area (Å²) in [5.41, 5.74) is 1.36. The highest BCUT2D eigenvalue weighted by Gasteiger charge is 2.46. The van der Waals surface area contributed by atoms with Gasteiger partial charge < -0.3 is 52.3 Å². The molecule has 24 heteroatoms. The number of aromatic nitrogens is 6. The number of rotatable bonds is 25. The zero-order valence-electron chi connectivity index (χ0n) is 46.3. The van der Waals surface area contributed by atoms with E-state index >= 15 is 0 Å². The monoisotopic (exact) mass is 1090 g/mol. The number of carbonyl (C=O) groups is 6. The highest BCUT2D eigenvalue weighted by atomic mass is 16.2. The Bertz CT molecular complexity index is 2810. The molecule has 4 saturated heterocycles. The van der Waals surface area contributed by atoms with Gasteiger partial charge in [0.05, 0.1) is 36.6 Å². The van der Waals surface area contributed by atoms with Crippen LogP contribution in [0.2, 0.25) is 0 Å². The van der Waals surface area contributed by atoms with Crippen LogP contribution >= 0.6 is 0 Å². The molecule has 4 fully saturated rings. The van der Waals surface area contributed by atoms with Crippen molar-refractivity contribution in [2.45, 2.75) is 197 Å². The summed E-state index contributed by atoms with van der Waals surface area (Å²) in [7, 11) is 3.38. The second kappa shape index (κ2) is 27.2. The topological polar surface area (TPSA) is 301 Å². The number of carbonyl (C=O) groups excluding carboxylic acids is 6. The van der Waals surface area contributed by atoms with Crippen molar-refractivity contribution < 1.29 is 28.8 Å². The molecule has 0 saturated carbocycles. The molecular weight excluding hydrogens is 1010 g/mol. The van der Waals surface area contributed by atoms with Crippen molar-refractivity contribution in [3.05, 3.63) is 80.1 Å². The van der Waals surface area contributed by atoms with Crippen molar-refractivity contribution >= 4 is 46.8 Å². The fourth-order valence-corrected chi connectivity index (χ4v) is 11.4. The smallest absolute Gasteiger partial charge is 0.253 e. The van der Waals surface area contributed by atoms with Crippen LogP contribution in [0.15, 0.2) is 52.3 Å². The molecule has 0 radical (unpaired) electrons. The minimum Gasteiger partial charge on any atom is -0.380 e. The zero-order chi connectivity index (χ0) is 56.2. The average Bonchev–Trinajstić information content (AvgIpc) is 4.44. The average molecular weight is 1090 g/mol. The number of hydrogen-bond acceptors (Lipinski definition) is 16. The summed E-state index contributed by atoms with van der Waals surface area (Å²) >= 11 is 0. The lowest BCUT2D eigenvalue weighted by atomic mass is 9.98. The maximum Gasteiger partial charge on any atom is 0.253 e. The fourth-order valence-electron chi connectivity index (χ4n) is 11.4. The molecule has 6 heterocycles. The molecule has 0 unspecified atom stereocenters. The van der Waals surface area contributed by atoms with E-state index in [4.69, 9.17) is 0 Å². The molecule has 0 aliphatic carbocycles. The third kappa shape index (κ3) is 14.0. The summed E-state index contributed by atoms with van der Waals surface area (Å²) in [4.78, 5) is 110. The Balaban J connectivity index is 0.763. The van der Waals surface area contributed by atoms with E-state index in [2.05, 4.69) is 63.2 Å². The van der Waals surface area contributed by atoms with Crippen molar-refractivity contribution in [1.29, 1.82) is 0 Å². The molecule has 79 heavy (non-hydrogen) atoms. The van der Waals surface area contributed by atoms with Crippen LogP contribution in [0.5, 0.6) is 0 Å². The van der Waals surface area contributed by atoms with Gasteiger partial charge in [0.2, 0.25) is 35.4 Å². The molecular formula is C55H80N16O8. The minimum absolute atomic E-state index is 0.0495. The Labute approximate surface area is 460 Å². The first kappa shape index (κ1) is 58.1. The summed E-state index contributed by atoms with van der Waals surface area (Å²) in [6, 6.07) is 4.63. The number of unbranched alkanes of at least 4 members (excludes halogenated alkanes) is 2. The zero-order valence-corrected chi connectivity index (χ0v) is 46.3. The molecule has 8 N–H and O–H groups in total. The third-order valence-electron chi connectivity index (χ3n) is 16.3. The molecule has 0 spiro atoms. The first-order chi connectivity index (χ1) is 38.2. The maximum absolute atomic E-state index is 14.2. The van der Waals surface area contributed by atoms with Crippen LogP contribution in [0.25, 0.3) is 0 Å². The number of nitrogens with one attached hydrogen (secondary N) is 8. The molecule has 10 atom stereocenters. The predicted octanol–water partition coefficient (Wildman–Crippen LogP) is 1.69. The third-order valence-corrected chi connectivity index (χ3v) is 16.3. The van der Waals surface area contributed by atoms with Gasteiger partial charge in [-0.15, -0.1) is 10.2 Å². The summed E-state index contributed by atoms with van der Waals surface area (Å²) in [5.74, 6) is -1.48. The van der Waals surface area contributed by atoms with Gasteiger partial charge in [0.15, 0.2) is 0 Å². The standard InChI is InChI=1S/C55H80N16O8/c1-33(60-52(76)43-25-23-37-19-9-11-21-39(54(78)70(37)43)61-50(74)34(2)56-4)41-31-68(66-64-41)29-15-13-27-58-46-47(49(73)48(46)72)59-28-14-16-30-69-32-42(65-67-69)45(36-17-7-6-8-18-36)63-53(77)44-26-24-38-20-10-12-22-40(55(79)71(38)44)62-51(75)35(3)57-5/h6-8,17-18,31-35,37-40,43-45,56-59H,9-16,19-30H2,1-5H3,(H,60,76)(H,61,74)(H,62,75)(H,63,77)/t33-,34-,35-,37-,38-,39-,40-,43-,44-,45-/m0/s1. The maximum atomic E-state index is 14.2. The SMILES string of the molecule is CN[C@@H](C)C(=O)N[C@H]1CCCC[C@H]2CC[C@@H](C(=O)N[C@@H](c3ccccc3)c3cn(CCCCNc4c(NCCCCn5cc([C@H](C)NC(=O)[C@@H]6CC[C@@H]7CCCC[C@H](NC(=O)[C@H](C)NC)C(=O)N76)nn5)c(=O)c4=O)nn3)N2C1=O. The molecule has 8 rings (SSSR count).